The van der Waals surface area contributed by atoms with Crippen LogP contribution in [0.2, 0.25) is 5.02 Å². The molecule has 1 fully saturated rings. The second-order valence-corrected chi connectivity index (χ2v) is 7.02. The predicted molar refractivity (Wildman–Crippen MR) is 101 cm³/mol. The standard InChI is InChI=1S/C19H21ClN2O5/c1-12-8-16(13(2)21(12)10-15-4-3-7-26-15)18(23)11-27-19-6-5-14(22(24)25)9-17(19)20/h5-6,8-9,15H,3-4,7,10-11H2,1-2H3/t15-/m1/s1. The van der Waals surface area contributed by atoms with Crippen molar-refractivity contribution in [3.05, 3.63) is 56.4 Å². The molecule has 0 N–H and O–H groups in total. The summed E-state index contributed by atoms with van der Waals surface area (Å²) >= 11 is 6.00. The third-order valence-electron chi connectivity index (χ3n) is 4.77. The Labute approximate surface area is 162 Å². The van der Waals surface area contributed by atoms with E-state index in [0.29, 0.717) is 5.56 Å². The van der Waals surface area contributed by atoms with Crippen LogP contribution >= 0.6 is 11.6 Å². The summed E-state index contributed by atoms with van der Waals surface area (Å²) < 4.78 is 13.3. The van der Waals surface area contributed by atoms with E-state index in [9.17, 15) is 14.9 Å². The molecule has 0 bridgehead atoms. The van der Waals surface area contributed by atoms with Gasteiger partial charge >= 0.3 is 0 Å². The minimum Gasteiger partial charge on any atom is -0.484 e. The first-order chi connectivity index (χ1) is 12.9. The van der Waals surface area contributed by atoms with E-state index in [2.05, 4.69) is 4.57 Å². The van der Waals surface area contributed by atoms with Crippen LogP contribution in [0.3, 0.4) is 0 Å². The minimum atomic E-state index is -0.538. The van der Waals surface area contributed by atoms with E-state index in [4.69, 9.17) is 21.1 Å². The number of halogens is 1. The van der Waals surface area contributed by atoms with Crippen molar-refractivity contribution in [2.45, 2.75) is 39.3 Å². The summed E-state index contributed by atoms with van der Waals surface area (Å²) in [5.41, 5.74) is 2.35. The number of ether oxygens (including phenoxy) is 2. The van der Waals surface area contributed by atoms with Crippen molar-refractivity contribution in [1.82, 2.24) is 4.57 Å². The van der Waals surface area contributed by atoms with Crippen LogP contribution in [0.4, 0.5) is 5.69 Å². The van der Waals surface area contributed by atoms with E-state index in [0.717, 1.165) is 37.4 Å². The maximum absolute atomic E-state index is 12.6. The Kier molecular flexibility index (Phi) is 5.82. The van der Waals surface area contributed by atoms with E-state index >= 15 is 0 Å². The van der Waals surface area contributed by atoms with E-state index in [1.165, 1.54) is 18.2 Å². The van der Waals surface area contributed by atoms with Gasteiger partial charge in [-0.05, 0) is 38.8 Å². The third kappa shape index (κ3) is 4.31. The number of rotatable bonds is 7. The number of hydrogen-bond donors (Lipinski definition) is 0. The summed E-state index contributed by atoms with van der Waals surface area (Å²) in [6.45, 7) is 5.21. The molecule has 1 aromatic carbocycles. The molecule has 27 heavy (non-hydrogen) atoms. The van der Waals surface area contributed by atoms with Crippen LogP contribution in [0, 0.1) is 24.0 Å². The SMILES string of the molecule is Cc1cc(C(=O)COc2ccc([N+](=O)[O-])cc2Cl)c(C)n1C[C@H]1CCCO1. The number of non-ortho nitro benzene ring substituents is 1. The van der Waals surface area contributed by atoms with E-state index < -0.39 is 4.92 Å². The van der Waals surface area contributed by atoms with Crippen LogP contribution < -0.4 is 4.74 Å². The number of carbonyl (C=O) groups excluding carboxylic acids is 1. The normalized spacial score (nSPS) is 16.5. The van der Waals surface area contributed by atoms with Gasteiger partial charge in [0.25, 0.3) is 5.69 Å². The van der Waals surface area contributed by atoms with Gasteiger partial charge in [-0.1, -0.05) is 11.6 Å². The number of nitrogens with zero attached hydrogens (tertiary/aromatic N) is 2. The fourth-order valence-corrected chi connectivity index (χ4v) is 3.53. The first-order valence-electron chi connectivity index (χ1n) is 8.75. The second kappa shape index (κ2) is 8.10. The Morgan fingerprint density at radius 1 is 1.41 bits per heavy atom. The molecule has 1 saturated heterocycles. The number of nitro benzene ring substituents is 1. The van der Waals surface area contributed by atoms with Gasteiger partial charge in [-0.15, -0.1) is 0 Å². The smallest absolute Gasteiger partial charge is 0.271 e. The molecule has 1 aliphatic heterocycles. The van der Waals surface area contributed by atoms with Crippen LogP contribution in [-0.2, 0) is 11.3 Å². The average molecular weight is 393 g/mol. The molecule has 3 rings (SSSR count). The number of aromatic nitrogens is 1. The van der Waals surface area contributed by atoms with Crippen molar-refractivity contribution < 1.29 is 19.2 Å². The van der Waals surface area contributed by atoms with Crippen LogP contribution in [0.1, 0.15) is 34.6 Å². The molecule has 2 heterocycles. The zero-order chi connectivity index (χ0) is 19.6. The molecule has 0 radical (unpaired) electrons. The van der Waals surface area contributed by atoms with Gasteiger partial charge < -0.3 is 14.0 Å². The monoisotopic (exact) mass is 392 g/mol. The summed E-state index contributed by atoms with van der Waals surface area (Å²) in [6, 6.07) is 5.75. The maximum atomic E-state index is 12.6. The van der Waals surface area contributed by atoms with Gasteiger partial charge in [0.2, 0.25) is 5.78 Å². The predicted octanol–water partition coefficient (Wildman–Crippen LogP) is 4.11. The molecular weight excluding hydrogens is 372 g/mol. The Hall–Kier alpha value is -2.38. The number of nitro groups is 1. The molecule has 2 aromatic rings. The number of Topliss-reactive ketones (excluding diaryl/α,β-unsaturated/α-hetero) is 1. The lowest BCUT2D eigenvalue weighted by atomic mass is 10.1. The highest BCUT2D eigenvalue weighted by atomic mass is 35.5. The van der Waals surface area contributed by atoms with Gasteiger partial charge in [0.1, 0.15) is 5.75 Å². The zero-order valence-corrected chi connectivity index (χ0v) is 16.0. The van der Waals surface area contributed by atoms with Crippen LogP contribution in [0.15, 0.2) is 24.3 Å². The van der Waals surface area contributed by atoms with Crippen LogP contribution in [0.5, 0.6) is 5.75 Å². The second-order valence-electron chi connectivity index (χ2n) is 6.61. The lowest BCUT2D eigenvalue weighted by molar-refractivity contribution is -0.384. The highest BCUT2D eigenvalue weighted by Crippen LogP contribution is 2.29. The fraction of sp³-hybridized carbons (Fsp3) is 0.421. The molecule has 144 valence electrons. The number of aryl methyl sites for hydroxylation is 1. The molecule has 8 heteroatoms. The van der Waals surface area contributed by atoms with Gasteiger partial charge in [-0.3, -0.25) is 14.9 Å². The van der Waals surface area contributed by atoms with E-state index in [-0.39, 0.29) is 35.0 Å². The van der Waals surface area contributed by atoms with Gasteiger partial charge in [-0.25, -0.2) is 0 Å². The minimum absolute atomic E-state index is 0.0980. The van der Waals surface area contributed by atoms with E-state index in [1.54, 1.807) is 0 Å². The molecule has 1 atom stereocenters. The number of hydrogen-bond acceptors (Lipinski definition) is 5. The largest absolute Gasteiger partial charge is 0.484 e. The van der Waals surface area contributed by atoms with Crippen LogP contribution in [0.25, 0.3) is 0 Å². The van der Waals surface area contributed by atoms with Gasteiger partial charge in [0.05, 0.1) is 16.0 Å². The molecule has 1 aromatic heterocycles. The topological polar surface area (TPSA) is 83.6 Å². The summed E-state index contributed by atoms with van der Waals surface area (Å²) in [5.74, 6) is 0.0693. The summed E-state index contributed by atoms with van der Waals surface area (Å²) in [6.07, 6.45) is 2.29. The maximum Gasteiger partial charge on any atom is 0.271 e. The first kappa shape index (κ1) is 19.4. The molecular formula is C19H21ClN2O5. The van der Waals surface area contributed by atoms with E-state index in [1.807, 2.05) is 19.9 Å². The molecule has 0 amide bonds. The molecule has 0 saturated carbocycles. The lowest BCUT2D eigenvalue weighted by Gasteiger charge is -2.15. The summed E-state index contributed by atoms with van der Waals surface area (Å²) in [5, 5.41) is 10.8. The quantitative estimate of drug-likeness (QED) is 0.402. The molecule has 1 aliphatic rings. The highest BCUT2D eigenvalue weighted by Gasteiger charge is 2.21. The van der Waals surface area contributed by atoms with Crippen molar-refractivity contribution in [3.8, 4) is 5.75 Å². The summed E-state index contributed by atoms with van der Waals surface area (Å²) in [7, 11) is 0. The lowest BCUT2D eigenvalue weighted by Crippen LogP contribution is -2.18. The van der Waals surface area contributed by atoms with Crippen molar-refractivity contribution in [2.75, 3.05) is 13.2 Å². The Balaban J connectivity index is 1.68. The highest BCUT2D eigenvalue weighted by molar-refractivity contribution is 6.32. The zero-order valence-electron chi connectivity index (χ0n) is 15.2. The number of carbonyl (C=O) groups is 1. The third-order valence-corrected chi connectivity index (χ3v) is 5.06. The van der Waals surface area contributed by atoms with Gasteiger partial charge in [0, 0.05) is 42.2 Å². The Morgan fingerprint density at radius 2 is 2.19 bits per heavy atom. The molecule has 0 unspecified atom stereocenters. The average Bonchev–Trinajstić information content (AvgIpc) is 3.24. The first-order valence-corrected chi connectivity index (χ1v) is 9.13. The Morgan fingerprint density at radius 3 is 2.81 bits per heavy atom. The number of ketones is 1. The summed E-state index contributed by atoms with van der Waals surface area (Å²) in [4.78, 5) is 22.8. The van der Waals surface area contributed by atoms with Crippen molar-refractivity contribution in [3.63, 3.8) is 0 Å². The number of benzene rings is 1. The van der Waals surface area contributed by atoms with Crippen molar-refractivity contribution in [1.29, 1.82) is 0 Å². The van der Waals surface area contributed by atoms with Crippen molar-refractivity contribution in [2.24, 2.45) is 0 Å². The molecule has 0 aliphatic carbocycles. The van der Waals surface area contributed by atoms with Crippen LogP contribution in [-0.4, -0.2) is 34.6 Å². The van der Waals surface area contributed by atoms with Crippen molar-refractivity contribution >= 4 is 23.1 Å². The Bertz CT molecular complexity index is 871. The van der Waals surface area contributed by atoms with Gasteiger partial charge in [0.15, 0.2) is 6.61 Å². The molecule has 0 spiro atoms. The molecule has 7 nitrogen and oxygen atoms in total. The fourth-order valence-electron chi connectivity index (χ4n) is 3.30. The van der Waals surface area contributed by atoms with Gasteiger partial charge in [-0.2, -0.15) is 0 Å².